The lowest BCUT2D eigenvalue weighted by Gasteiger charge is -2.08. The highest BCUT2D eigenvalue weighted by atomic mass is 79.9. The van der Waals surface area contributed by atoms with Crippen molar-refractivity contribution in [2.24, 2.45) is 5.10 Å². The molecule has 0 aliphatic carbocycles. The quantitative estimate of drug-likeness (QED) is 0.435. The lowest BCUT2D eigenvalue weighted by Crippen LogP contribution is -2.18. The minimum absolute atomic E-state index is 0.154. The first kappa shape index (κ1) is 19.1. The van der Waals surface area contributed by atoms with E-state index in [1.807, 2.05) is 42.5 Å². The standard InChI is InChI=1S/C20H17BrN2O3S/c21-20-12-11-18(26-15-16-7-3-1-4-8-16)13-17(20)14-22-23-27(24,25)19-9-5-2-6-10-19/h1-14,23H,15H2. The number of halogens is 1. The molecular weight excluding hydrogens is 428 g/mol. The summed E-state index contributed by atoms with van der Waals surface area (Å²) < 4.78 is 30.9. The number of hydrogen-bond donors (Lipinski definition) is 1. The van der Waals surface area contributed by atoms with E-state index >= 15 is 0 Å². The molecular formula is C20H17BrN2O3S. The molecule has 0 atom stereocenters. The molecule has 0 unspecified atom stereocenters. The predicted molar refractivity (Wildman–Crippen MR) is 109 cm³/mol. The maximum absolute atomic E-state index is 12.2. The van der Waals surface area contributed by atoms with Crippen LogP contribution < -0.4 is 9.57 Å². The summed E-state index contributed by atoms with van der Waals surface area (Å²) in [5.41, 5.74) is 1.75. The number of nitrogens with zero attached hydrogens (tertiary/aromatic N) is 1. The van der Waals surface area contributed by atoms with Crippen LogP contribution in [0.2, 0.25) is 0 Å². The molecule has 0 aromatic heterocycles. The number of ether oxygens (including phenoxy) is 1. The average molecular weight is 445 g/mol. The fraction of sp³-hybridized carbons (Fsp3) is 0.0500. The Kier molecular flexibility index (Phi) is 6.26. The Balaban J connectivity index is 1.68. The fourth-order valence-corrected chi connectivity index (χ4v) is 3.43. The van der Waals surface area contributed by atoms with E-state index in [1.54, 1.807) is 24.3 Å². The van der Waals surface area contributed by atoms with Gasteiger partial charge in [-0.2, -0.15) is 13.5 Å². The number of rotatable bonds is 7. The van der Waals surface area contributed by atoms with Gasteiger partial charge in [-0.15, -0.1) is 0 Å². The van der Waals surface area contributed by atoms with Crippen molar-refractivity contribution in [1.82, 2.24) is 4.83 Å². The fourth-order valence-electron chi connectivity index (χ4n) is 2.27. The van der Waals surface area contributed by atoms with Gasteiger partial charge in [-0.25, -0.2) is 4.83 Å². The van der Waals surface area contributed by atoms with Crippen LogP contribution in [0.4, 0.5) is 0 Å². The van der Waals surface area contributed by atoms with Crippen molar-refractivity contribution in [3.05, 3.63) is 94.5 Å². The normalized spacial score (nSPS) is 11.4. The first-order valence-corrected chi connectivity index (χ1v) is 10.4. The van der Waals surface area contributed by atoms with Crippen LogP contribution in [-0.2, 0) is 16.6 Å². The summed E-state index contributed by atoms with van der Waals surface area (Å²) in [6.45, 7) is 0.444. The second-order valence-corrected chi connectivity index (χ2v) is 8.14. The van der Waals surface area contributed by atoms with E-state index in [2.05, 4.69) is 25.9 Å². The van der Waals surface area contributed by atoms with E-state index in [9.17, 15) is 8.42 Å². The molecule has 138 valence electrons. The van der Waals surface area contributed by atoms with E-state index in [0.717, 1.165) is 10.0 Å². The second kappa shape index (κ2) is 8.83. The van der Waals surface area contributed by atoms with Gasteiger partial charge < -0.3 is 4.74 Å². The van der Waals surface area contributed by atoms with Crippen molar-refractivity contribution < 1.29 is 13.2 Å². The predicted octanol–water partition coefficient (Wildman–Crippen LogP) is 4.34. The molecule has 27 heavy (non-hydrogen) atoms. The molecule has 0 fully saturated rings. The second-order valence-electron chi connectivity index (χ2n) is 5.62. The number of hydrazone groups is 1. The molecule has 0 radical (unpaired) electrons. The van der Waals surface area contributed by atoms with Gasteiger partial charge in [-0.3, -0.25) is 0 Å². The molecule has 0 amide bonds. The first-order chi connectivity index (χ1) is 13.0. The van der Waals surface area contributed by atoms with Crippen LogP contribution in [0.1, 0.15) is 11.1 Å². The van der Waals surface area contributed by atoms with Gasteiger partial charge in [-0.05, 0) is 35.9 Å². The van der Waals surface area contributed by atoms with Gasteiger partial charge in [0.25, 0.3) is 10.0 Å². The van der Waals surface area contributed by atoms with Crippen molar-refractivity contribution in [1.29, 1.82) is 0 Å². The molecule has 1 N–H and O–H groups in total. The minimum atomic E-state index is -3.69. The Morgan fingerprint density at radius 3 is 2.33 bits per heavy atom. The summed E-state index contributed by atoms with van der Waals surface area (Å²) >= 11 is 3.43. The number of nitrogens with one attached hydrogen (secondary N) is 1. The number of benzene rings is 3. The average Bonchev–Trinajstić information content (AvgIpc) is 2.70. The molecule has 0 aliphatic rings. The van der Waals surface area contributed by atoms with E-state index < -0.39 is 10.0 Å². The van der Waals surface area contributed by atoms with Crippen LogP contribution in [-0.4, -0.2) is 14.6 Å². The molecule has 3 aromatic carbocycles. The van der Waals surface area contributed by atoms with Crippen LogP contribution in [0.5, 0.6) is 5.75 Å². The molecule has 0 spiro atoms. The van der Waals surface area contributed by atoms with Gasteiger partial charge in [0.05, 0.1) is 11.1 Å². The highest BCUT2D eigenvalue weighted by molar-refractivity contribution is 9.10. The van der Waals surface area contributed by atoms with E-state index in [4.69, 9.17) is 4.74 Å². The first-order valence-electron chi connectivity index (χ1n) is 8.11. The summed E-state index contributed by atoms with van der Waals surface area (Å²) in [7, 11) is -3.69. The Labute approximate surface area is 166 Å². The maximum atomic E-state index is 12.2. The summed E-state index contributed by atoms with van der Waals surface area (Å²) in [6.07, 6.45) is 1.43. The molecule has 0 saturated heterocycles. The van der Waals surface area contributed by atoms with Crippen molar-refractivity contribution in [3.8, 4) is 5.75 Å². The van der Waals surface area contributed by atoms with Gasteiger partial charge in [0, 0.05) is 10.0 Å². The van der Waals surface area contributed by atoms with Gasteiger partial charge in [0.15, 0.2) is 0 Å². The molecule has 3 aromatic rings. The molecule has 7 heteroatoms. The lowest BCUT2D eigenvalue weighted by molar-refractivity contribution is 0.306. The zero-order valence-corrected chi connectivity index (χ0v) is 16.7. The molecule has 0 aliphatic heterocycles. The van der Waals surface area contributed by atoms with Crippen LogP contribution in [0.15, 0.2) is 93.3 Å². The summed E-state index contributed by atoms with van der Waals surface area (Å²) in [4.78, 5) is 2.36. The number of hydrogen-bond acceptors (Lipinski definition) is 4. The minimum Gasteiger partial charge on any atom is -0.489 e. The van der Waals surface area contributed by atoms with Crippen LogP contribution >= 0.6 is 15.9 Å². The van der Waals surface area contributed by atoms with E-state index in [-0.39, 0.29) is 4.90 Å². The molecule has 3 rings (SSSR count). The maximum Gasteiger partial charge on any atom is 0.276 e. The third-order valence-corrected chi connectivity index (χ3v) is 5.61. The van der Waals surface area contributed by atoms with Crippen LogP contribution in [0.3, 0.4) is 0 Å². The highest BCUT2D eigenvalue weighted by Gasteiger charge is 2.11. The Morgan fingerprint density at radius 2 is 1.63 bits per heavy atom. The summed E-state index contributed by atoms with van der Waals surface area (Å²) in [5.74, 6) is 0.661. The highest BCUT2D eigenvalue weighted by Crippen LogP contribution is 2.22. The Bertz CT molecular complexity index is 1020. The van der Waals surface area contributed by atoms with Gasteiger partial charge >= 0.3 is 0 Å². The van der Waals surface area contributed by atoms with Crippen molar-refractivity contribution in [3.63, 3.8) is 0 Å². The SMILES string of the molecule is O=S(=O)(NN=Cc1cc(OCc2ccccc2)ccc1Br)c1ccccc1. The van der Waals surface area contributed by atoms with Crippen molar-refractivity contribution >= 4 is 32.2 Å². The monoisotopic (exact) mass is 444 g/mol. The number of sulfonamides is 1. The third kappa shape index (κ3) is 5.42. The molecule has 0 saturated carbocycles. The largest absolute Gasteiger partial charge is 0.489 e. The zero-order chi connectivity index (χ0) is 19.1. The zero-order valence-electron chi connectivity index (χ0n) is 14.2. The Hall–Kier alpha value is -2.64. The summed E-state index contributed by atoms with van der Waals surface area (Å²) in [5, 5.41) is 3.86. The van der Waals surface area contributed by atoms with Crippen LogP contribution in [0.25, 0.3) is 0 Å². The van der Waals surface area contributed by atoms with Gasteiger partial charge in [0.2, 0.25) is 0 Å². The van der Waals surface area contributed by atoms with E-state index in [0.29, 0.717) is 17.9 Å². The summed E-state index contributed by atoms with van der Waals surface area (Å²) in [6, 6.07) is 23.4. The third-order valence-electron chi connectivity index (χ3n) is 3.65. The van der Waals surface area contributed by atoms with Gasteiger partial charge in [0.1, 0.15) is 12.4 Å². The molecule has 0 bridgehead atoms. The molecule has 5 nitrogen and oxygen atoms in total. The van der Waals surface area contributed by atoms with Crippen molar-refractivity contribution in [2.75, 3.05) is 0 Å². The van der Waals surface area contributed by atoms with Crippen LogP contribution in [0, 0.1) is 0 Å². The Morgan fingerprint density at radius 1 is 0.963 bits per heavy atom. The lowest BCUT2D eigenvalue weighted by atomic mass is 10.2. The van der Waals surface area contributed by atoms with Gasteiger partial charge in [-0.1, -0.05) is 64.5 Å². The van der Waals surface area contributed by atoms with E-state index in [1.165, 1.54) is 18.3 Å². The topological polar surface area (TPSA) is 67.8 Å². The smallest absolute Gasteiger partial charge is 0.276 e. The molecule has 0 heterocycles. The van der Waals surface area contributed by atoms with Crippen molar-refractivity contribution in [2.45, 2.75) is 11.5 Å².